The molecule has 0 aliphatic carbocycles. The van der Waals surface area contributed by atoms with Crippen molar-refractivity contribution in [3.8, 4) is 5.75 Å². The third kappa shape index (κ3) is 2.88. The van der Waals surface area contributed by atoms with E-state index in [1.54, 1.807) is 11.8 Å². The first-order chi connectivity index (χ1) is 9.84. The molecule has 0 amide bonds. The maximum absolute atomic E-state index is 12.4. The van der Waals surface area contributed by atoms with Gasteiger partial charge in [-0.3, -0.25) is 4.79 Å². The SMILES string of the molecule is O=C(CSc1ccccc1)c1cccc2c1OCCC2. The van der Waals surface area contributed by atoms with Crippen LogP contribution in [0.5, 0.6) is 5.75 Å². The summed E-state index contributed by atoms with van der Waals surface area (Å²) in [7, 11) is 0. The summed E-state index contributed by atoms with van der Waals surface area (Å²) in [4.78, 5) is 13.5. The molecular weight excluding hydrogens is 268 g/mol. The number of carbonyl (C=O) groups is 1. The zero-order valence-electron chi connectivity index (χ0n) is 11.2. The molecule has 0 saturated carbocycles. The summed E-state index contributed by atoms with van der Waals surface area (Å²) in [6.45, 7) is 0.711. The average molecular weight is 284 g/mol. The van der Waals surface area contributed by atoms with E-state index in [2.05, 4.69) is 6.07 Å². The molecule has 20 heavy (non-hydrogen) atoms. The Kier molecular flexibility index (Phi) is 4.07. The van der Waals surface area contributed by atoms with Crippen LogP contribution >= 0.6 is 11.8 Å². The highest BCUT2D eigenvalue weighted by molar-refractivity contribution is 8.00. The number of benzene rings is 2. The number of hydrogen-bond acceptors (Lipinski definition) is 3. The second kappa shape index (κ2) is 6.14. The fourth-order valence-corrected chi connectivity index (χ4v) is 3.15. The molecule has 2 aromatic rings. The maximum atomic E-state index is 12.4. The van der Waals surface area contributed by atoms with E-state index in [4.69, 9.17) is 4.74 Å². The van der Waals surface area contributed by atoms with Crippen LogP contribution in [0.3, 0.4) is 0 Å². The molecule has 0 spiro atoms. The number of thioether (sulfide) groups is 1. The molecule has 0 bridgehead atoms. The van der Waals surface area contributed by atoms with Crippen LogP contribution in [0.25, 0.3) is 0 Å². The fraction of sp³-hybridized carbons (Fsp3) is 0.235. The second-order valence-electron chi connectivity index (χ2n) is 4.77. The molecule has 0 unspecified atom stereocenters. The van der Waals surface area contributed by atoms with Crippen LogP contribution in [0.4, 0.5) is 0 Å². The first kappa shape index (κ1) is 13.3. The van der Waals surface area contributed by atoms with Crippen molar-refractivity contribution in [2.24, 2.45) is 0 Å². The van der Waals surface area contributed by atoms with Gasteiger partial charge in [0.2, 0.25) is 0 Å². The Bertz CT molecular complexity index is 608. The Labute approximate surface area is 123 Å². The molecular formula is C17H16O2S. The third-order valence-electron chi connectivity index (χ3n) is 3.35. The number of fused-ring (bicyclic) bond motifs is 1. The number of Topliss-reactive ketones (excluding diaryl/α,β-unsaturated/α-hetero) is 1. The summed E-state index contributed by atoms with van der Waals surface area (Å²) in [5, 5.41) is 0. The van der Waals surface area contributed by atoms with Crippen molar-refractivity contribution in [2.45, 2.75) is 17.7 Å². The first-order valence-electron chi connectivity index (χ1n) is 6.80. The van der Waals surface area contributed by atoms with E-state index >= 15 is 0 Å². The zero-order chi connectivity index (χ0) is 13.8. The molecule has 0 saturated heterocycles. The molecule has 2 nitrogen and oxygen atoms in total. The van der Waals surface area contributed by atoms with Crippen LogP contribution in [0.2, 0.25) is 0 Å². The van der Waals surface area contributed by atoms with E-state index in [0.717, 1.165) is 34.6 Å². The van der Waals surface area contributed by atoms with Crippen LogP contribution in [-0.2, 0) is 6.42 Å². The molecule has 1 aliphatic rings. The Morgan fingerprint density at radius 1 is 1.10 bits per heavy atom. The maximum Gasteiger partial charge on any atom is 0.176 e. The normalized spacial score (nSPS) is 13.4. The van der Waals surface area contributed by atoms with Gasteiger partial charge >= 0.3 is 0 Å². The number of hydrogen-bond donors (Lipinski definition) is 0. The van der Waals surface area contributed by atoms with Crippen molar-refractivity contribution in [1.82, 2.24) is 0 Å². The highest BCUT2D eigenvalue weighted by Crippen LogP contribution is 2.30. The van der Waals surface area contributed by atoms with Crippen LogP contribution in [-0.4, -0.2) is 18.1 Å². The smallest absolute Gasteiger partial charge is 0.176 e. The van der Waals surface area contributed by atoms with Gasteiger partial charge in [-0.05, 0) is 36.6 Å². The molecule has 102 valence electrons. The van der Waals surface area contributed by atoms with Crippen molar-refractivity contribution in [3.05, 3.63) is 59.7 Å². The van der Waals surface area contributed by atoms with Gasteiger partial charge in [0, 0.05) is 4.90 Å². The lowest BCUT2D eigenvalue weighted by atomic mass is 10.0. The number of ether oxygens (including phenoxy) is 1. The number of para-hydroxylation sites is 1. The molecule has 3 rings (SSSR count). The predicted octanol–water partition coefficient (Wildman–Crippen LogP) is 3.99. The Morgan fingerprint density at radius 3 is 2.80 bits per heavy atom. The molecule has 0 radical (unpaired) electrons. The second-order valence-corrected chi connectivity index (χ2v) is 5.82. The standard InChI is InChI=1S/C17H16O2S/c18-16(12-20-14-8-2-1-3-9-14)15-10-4-6-13-7-5-11-19-17(13)15/h1-4,6,8-10H,5,7,11-12H2. The van der Waals surface area contributed by atoms with Gasteiger partial charge in [0.1, 0.15) is 5.75 Å². The summed E-state index contributed by atoms with van der Waals surface area (Å²) in [6, 6.07) is 15.9. The van der Waals surface area contributed by atoms with E-state index in [1.807, 2.05) is 42.5 Å². The fourth-order valence-electron chi connectivity index (χ4n) is 2.35. The van der Waals surface area contributed by atoms with Gasteiger partial charge in [-0.25, -0.2) is 0 Å². The largest absolute Gasteiger partial charge is 0.493 e. The monoisotopic (exact) mass is 284 g/mol. The number of rotatable bonds is 4. The molecule has 0 N–H and O–H groups in total. The minimum atomic E-state index is 0.137. The number of aryl methyl sites for hydroxylation is 1. The van der Waals surface area contributed by atoms with Gasteiger partial charge in [-0.1, -0.05) is 30.3 Å². The first-order valence-corrected chi connectivity index (χ1v) is 7.79. The Balaban J connectivity index is 1.74. The quantitative estimate of drug-likeness (QED) is 0.627. The summed E-state index contributed by atoms with van der Waals surface area (Å²) in [6.07, 6.45) is 2.03. The summed E-state index contributed by atoms with van der Waals surface area (Å²) >= 11 is 1.57. The summed E-state index contributed by atoms with van der Waals surface area (Å²) < 4.78 is 5.70. The van der Waals surface area contributed by atoms with Crippen LogP contribution in [0, 0.1) is 0 Å². The lowest BCUT2D eigenvalue weighted by Gasteiger charge is -2.19. The Morgan fingerprint density at radius 2 is 1.95 bits per heavy atom. The minimum Gasteiger partial charge on any atom is -0.493 e. The molecule has 0 fully saturated rings. The van der Waals surface area contributed by atoms with Crippen molar-refractivity contribution in [2.75, 3.05) is 12.4 Å². The van der Waals surface area contributed by atoms with Gasteiger partial charge in [0.25, 0.3) is 0 Å². The van der Waals surface area contributed by atoms with Crippen molar-refractivity contribution in [3.63, 3.8) is 0 Å². The van der Waals surface area contributed by atoms with Crippen molar-refractivity contribution in [1.29, 1.82) is 0 Å². The summed E-state index contributed by atoms with van der Waals surface area (Å²) in [5.41, 5.74) is 1.89. The molecule has 3 heteroatoms. The van der Waals surface area contributed by atoms with E-state index < -0.39 is 0 Å². The number of ketones is 1. The van der Waals surface area contributed by atoms with Crippen molar-refractivity contribution >= 4 is 17.5 Å². The topological polar surface area (TPSA) is 26.3 Å². The minimum absolute atomic E-state index is 0.137. The van der Waals surface area contributed by atoms with Gasteiger partial charge < -0.3 is 4.74 Å². The number of carbonyl (C=O) groups excluding carboxylic acids is 1. The average Bonchev–Trinajstić information content (AvgIpc) is 2.53. The van der Waals surface area contributed by atoms with Gasteiger partial charge in [-0.2, -0.15) is 0 Å². The predicted molar refractivity (Wildman–Crippen MR) is 81.8 cm³/mol. The lowest BCUT2D eigenvalue weighted by Crippen LogP contribution is -2.13. The van der Waals surface area contributed by atoms with E-state index in [9.17, 15) is 4.79 Å². The van der Waals surface area contributed by atoms with Crippen LogP contribution < -0.4 is 4.74 Å². The van der Waals surface area contributed by atoms with Gasteiger partial charge in [0.15, 0.2) is 5.78 Å². The van der Waals surface area contributed by atoms with Crippen molar-refractivity contribution < 1.29 is 9.53 Å². The third-order valence-corrected chi connectivity index (χ3v) is 4.36. The van der Waals surface area contributed by atoms with Crippen LogP contribution in [0.15, 0.2) is 53.4 Å². The summed E-state index contributed by atoms with van der Waals surface area (Å²) in [5.74, 6) is 1.39. The van der Waals surface area contributed by atoms with Gasteiger partial charge in [-0.15, -0.1) is 11.8 Å². The molecule has 1 aliphatic heterocycles. The van der Waals surface area contributed by atoms with Gasteiger partial charge in [0.05, 0.1) is 17.9 Å². The highest BCUT2D eigenvalue weighted by atomic mass is 32.2. The molecule has 0 atom stereocenters. The Hall–Kier alpha value is -1.74. The van der Waals surface area contributed by atoms with E-state index in [1.165, 1.54) is 0 Å². The van der Waals surface area contributed by atoms with E-state index in [-0.39, 0.29) is 5.78 Å². The molecule has 2 aromatic carbocycles. The van der Waals surface area contributed by atoms with Crippen LogP contribution in [0.1, 0.15) is 22.3 Å². The lowest BCUT2D eigenvalue weighted by molar-refractivity contribution is 0.101. The zero-order valence-corrected chi connectivity index (χ0v) is 12.0. The van der Waals surface area contributed by atoms with E-state index in [0.29, 0.717) is 12.4 Å². The molecule has 0 aromatic heterocycles. The molecule has 1 heterocycles. The highest BCUT2D eigenvalue weighted by Gasteiger charge is 2.18.